The number of anilines is 1. The maximum atomic E-state index is 8.95. The van der Waals surface area contributed by atoms with Gasteiger partial charge in [-0.25, -0.2) is 0 Å². The summed E-state index contributed by atoms with van der Waals surface area (Å²) in [5, 5.41) is 11.7. The van der Waals surface area contributed by atoms with E-state index in [-0.39, 0.29) is 57.1 Å². The summed E-state index contributed by atoms with van der Waals surface area (Å²) in [6.45, 7) is -2.40. The van der Waals surface area contributed by atoms with Gasteiger partial charge in [-0.1, -0.05) is 0 Å². The maximum absolute atomic E-state index is 8.95. The van der Waals surface area contributed by atoms with Crippen molar-refractivity contribution < 1.29 is 56.5 Å². The molecule has 0 aliphatic rings. The molecule has 0 bridgehead atoms. The smallest absolute Gasteiger partial charge is 0.508 e. The fourth-order valence-corrected chi connectivity index (χ4v) is 1.61. The summed E-state index contributed by atoms with van der Waals surface area (Å²) < 4.78 is 0. The number of hydrogen-bond donors (Lipinski definition) is 4. The van der Waals surface area contributed by atoms with Crippen molar-refractivity contribution in [3.8, 4) is 5.75 Å². The topological polar surface area (TPSA) is 84.3 Å². The molecule has 1 aromatic rings. The first-order valence-electron chi connectivity index (χ1n) is 3.22. The monoisotopic (exact) mass is 242 g/mol. The quantitative estimate of drug-likeness (QED) is 0.272. The minimum atomic E-state index is -2.40. The van der Waals surface area contributed by atoms with Crippen molar-refractivity contribution >= 4 is 24.0 Å². The molecule has 0 aliphatic heterocycles. The van der Waals surface area contributed by atoms with Gasteiger partial charge in [-0.05, 0) is 36.1 Å². The maximum Gasteiger partial charge on any atom is 1.00 e. The molecule has 13 heavy (non-hydrogen) atoms. The van der Waals surface area contributed by atoms with E-state index in [2.05, 4.69) is 5.09 Å². The molecule has 0 radical (unpaired) electrons. The van der Waals surface area contributed by atoms with Gasteiger partial charge in [-0.3, -0.25) is 11.0 Å². The van der Waals surface area contributed by atoms with Crippen LogP contribution in [-0.4, -0.2) is 5.11 Å². The molecule has 4 nitrogen and oxygen atoms in total. The minimum Gasteiger partial charge on any atom is -0.508 e. The Bertz CT molecular complexity index is 312. The second-order valence-corrected chi connectivity index (χ2v) is 5.82. The van der Waals surface area contributed by atoms with Gasteiger partial charge in [0.15, 0.2) is 6.49 Å². The van der Waals surface area contributed by atoms with Gasteiger partial charge in [0.2, 0.25) is 0 Å². The zero-order valence-corrected chi connectivity index (χ0v) is 12.1. The molecule has 0 aromatic heterocycles. The van der Waals surface area contributed by atoms with Gasteiger partial charge in [0, 0.05) is 5.69 Å². The van der Waals surface area contributed by atoms with Crippen molar-refractivity contribution in [3.05, 3.63) is 24.3 Å². The summed E-state index contributed by atoms with van der Waals surface area (Å²) in [6, 6.07) is 6.40. The fraction of sp³-hybridized carbons (Fsp3) is 0. The summed E-state index contributed by atoms with van der Waals surface area (Å²) >= 11 is 4.79. The molecule has 0 atom stereocenters. The van der Waals surface area contributed by atoms with Crippen LogP contribution < -0.4 is 67.5 Å². The predicted octanol–water partition coefficient (Wildman–Crippen LogP) is -2.05. The molecule has 0 saturated heterocycles. The molecule has 6 N–H and O–H groups in total. The van der Waals surface area contributed by atoms with Gasteiger partial charge in [0.05, 0.1) is 0 Å². The third kappa shape index (κ3) is 6.17. The summed E-state index contributed by atoms with van der Waals surface area (Å²) in [7, 11) is 0. The van der Waals surface area contributed by atoms with E-state index in [4.69, 9.17) is 27.9 Å². The van der Waals surface area contributed by atoms with E-state index in [1.807, 2.05) is 0 Å². The molecule has 1 aromatic carbocycles. The molecule has 0 fully saturated rings. The Hall–Kier alpha value is 1.03. The summed E-state index contributed by atoms with van der Waals surface area (Å²) in [6.07, 6.45) is 0. The molecule has 1 rings (SSSR count). The van der Waals surface area contributed by atoms with E-state index < -0.39 is 6.49 Å². The number of aromatic hydroxyl groups is 1. The van der Waals surface area contributed by atoms with Crippen molar-refractivity contribution in [2.45, 2.75) is 0 Å². The summed E-state index contributed by atoms with van der Waals surface area (Å²) in [5.74, 6) is 0.197. The minimum absolute atomic E-state index is 0. The molecule has 0 aliphatic carbocycles. The molecular formula is C6H10KN3OPS+. The average Bonchev–Trinajstić information content (AvgIpc) is 1.91. The Morgan fingerprint density at radius 3 is 2.08 bits per heavy atom. The first-order chi connectivity index (χ1) is 5.47. The SMILES string of the molecule is NP(N)(=S)Nc1ccc(O)cc1.[K+]. The number of phenolic OH excluding ortho intramolecular Hbond substituents is 1. The molecule has 0 unspecified atom stereocenters. The van der Waals surface area contributed by atoms with Crippen LogP contribution in [0, 0.1) is 0 Å². The molecule has 7 heteroatoms. The van der Waals surface area contributed by atoms with Crippen molar-refractivity contribution in [2.75, 3.05) is 5.09 Å². The Morgan fingerprint density at radius 2 is 1.69 bits per heavy atom. The fourth-order valence-electron chi connectivity index (χ4n) is 0.738. The Kier molecular flexibility index (Phi) is 6.26. The van der Waals surface area contributed by atoms with Crippen LogP contribution in [0.1, 0.15) is 0 Å². The predicted molar refractivity (Wildman–Crippen MR) is 54.4 cm³/mol. The number of nitrogens with one attached hydrogen (secondary N) is 1. The Balaban J connectivity index is 0.00000144. The van der Waals surface area contributed by atoms with E-state index in [1.165, 1.54) is 12.1 Å². The van der Waals surface area contributed by atoms with Crippen molar-refractivity contribution in [2.24, 2.45) is 11.0 Å². The van der Waals surface area contributed by atoms with Crippen LogP contribution >= 0.6 is 6.49 Å². The van der Waals surface area contributed by atoms with Crippen molar-refractivity contribution in [3.63, 3.8) is 0 Å². The normalized spacial score (nSPS) is 10.3. The van der Waals surface area contributed by atoms with Crippen LogP contribution in [-0.2, 0) is 11.8 Å². The number of benzene rings is 1. The standard InChI is InChI=1S/C6H10N3OPS.K/c7-11(8,12)9-5-1-3-6(10)4-2-5;/h1-4,10H,(H5,7,8,9,12);/q;+1. The van der Waals surface area contributed by atoms with E-state index in [1.54, 1.807) is 12.1 Å². The van der Waals surface area contributed by atoms with Crippen LogP contribution in [0.4, 0.5) is 5.69 Å². The summed E-state index contributed by atoms with van der Waals surface area (Å²) in [5.41, 5.74) is 11.6. The second-order valence-electron chi connectivity index (χ2n) is 2.37. The molecule has 66 valence electrons. The van der Waals surface area contributed by atoms with Gasteiger partial charge >= 0.3 is 51.4 Å². The first-order valence-corrected chi connectivity index (χ1v) is 6.16. The molecular weight excluding hydrogens is 232 g/mol. The van der Waals surface area contributed by atoms with Crippen LogP contribution in [0.25, 0.3) is 0 Å². The van der Waals surface area contributed by atoms with E-state index in [9.17, 15) is 0 Å². The van der Waals surface area contributed by atoms with E-state index >= 15 is 0 Å². The number of phenols is 1. The van der Waals surface area contributed by atoms with Crippen LogP contribution in [0.2, 0.25) is 0 Å². The van der Waals surface area contributed by atoms with E-state index in [0.29, 0.717) is 0 Å². The Labute approximate surface area is 125 Å². The van der Waals surface area contributed by atoms with Gasteiger partial charge in [0.25, 0.3) is 0 Å². The largest absolute Gasteiger partial charge is 1.00 e. The van der Waals surface area contributed by atoms with Gasteiger partial charge in [0.1, 0.15) is 5.75 Å². The second kappa shape index (κ2) is 5.80. The van der Waals surface area contributed by atoms with Gasteiger partial charge in [-0.15, -0.1) is 0 Å². The molecule has 0 amide bonds. The molecule has 0 saturated carbocycles. The number of nitrogens with two attached hydrogens (primary N) is 2. The number of hydrogen-bond acceptors (Lipinski definition) is 2. The molecule has 0 spiro atoms. The van der Waals surface area contributed by atoms with Crippen LogP contribution in [0.15, 0.2) is 24.3 Å². The average molecular weight is 242 g/mol. The third-order valence-corrected chi connectivity index (χ3v) is 2.05. The Morgan fingerprint density at radius 1 is 1.23 bits per heavy atom. The number of rotatable bonds is 2. The van der Waals surface area contributed by atoms with Gasteiger partial charge < -0.3 is 10.2 Å². The van der Waals surface area contributed by atoms with E-state index in [0.717, 1.165) is 5.69 Å². The van der Waals surface area contributed by atoms with Crippen LogP contribution in [0.3, 0.4) is 0 Å². The zero-order valence-electron chi connectivity index (χ0n) is 7.27. The van der Waals surface area contributed by atoms with Crippen molar-refractivity contribution in [1.29, 1.82) is 0 Å². The van der Waals surface area contributed by atoms with Crippen molar-refractivity contribution in [1.82, 2.24) is 0 Å². The van der Waals surface area contributed by atoms with Crippen LogP contribution in [0.5, 0.6) is 5.75 Å². The zero-order chi connectivity index (χ0) is 9.19. The summed E-state index contributed by atoms with van der Waals surface area (Å²) in [4.78, 5) is 0. The molecule has 0 heterocycles. The first kappa shape index (κ1) is 14.0. The van der Waals surface area contributed by atoms with Gasteiger partial charge in [-0.2, -0.15) is 0 Å². The third-order valence-electron chi connectivity index (χ3n) is 1.17.